The normalized spacial score (nSPS) is 18.1. The third-order valence-electron chi connectivity index (χ3n) is 5.23. The van der Waals surface area contributed by atoms with E-state index in [1.807, 2.05) is 31.2 Å². The first kappa shape index (κ1) is 19.0. The molecule has 8 heteroatoms. The van der Waals surface area contributed by atoms with Crippen molar-refractivity contribution >= 4 is 21.2 Å². The van der Waals surface area contributed by atoms with Gasteiger partial charge in [0.05, 0.1) is 11.5 Å². The smallest absolute Gasteiger partial charge is 0.243 e. The van der Waals surface area contributed by atoms with Gasteiger partial charge in [-0.15, -0.1) is 0 Å². The van der Waals surface area contributed by atoms with Crippen LogP contribution in [-0.2, 0) is 21.3 Å². The zero-order valence-electron chi connectivity index (χ0n) is 16.1. The van der Waals surface area contributed by atoms with Crippen LogP contribution in [0.5, 0.6) is 0 Å². The number of benzene rings is 1. The molecule has 0 N–H and O–H groups in total. The standard InChI is InChI=1S/C20H24N4O3S/c1-15-5-7-17(8-6-15)28(25,26)23-11-9-16(14-23)19-22-18-4-3-10-21-20(18)24(19)12-13-27-2/h3-8,10,16H,9,11-14H2,1-2H3/t16-/m0/s1. The predicted octanol–water partition coefficient (Wildman–Crippen LogP) is 2.56. The molecule has 0 spiro atoms. The van der Waals surface area contributed by atoms with Crippen molar-refractivity contribution in [2.24, 2.45) is 0 Å². The van der Waals surface area contributed by atoms with Gasteiger partial charge in [-0.05, 0) is 37.6 Å². The van der Waals surface area contributed by atoms with Crippen LogP contribution in [0, 0.1) is 6.92 Å². The van der Waals surface area contributed by atoms with Crippen molar-refractivity contribution in [1.82, 2.24) is 18.8 Å². The van der Waals surface area contributed by atoms with Crippen molar-refractivity contribution in [1.29, 1.82) is 0 Å². The van der Waals surface area contributed by atoms with Crippen LogP contribution in [0.25, 0.3) is 11.2 Å². The lowest BCUT2D eigenvalue weighted by molar-refractivity contribution is 0.187. The molecule has 148 valence electrons. The summed E-state index contributed by atoms with van der Waals surface area (Å²) in [5.74, 6) is 0.915. The zero-order chi connectivity index (χ0) is 19.7. The number of hydrogen-bond acceptors (Lipinski definition) is 5. The number of nitrogens with zero attached hydrogens (tertiary/aromatic N) is 4. The van der Waals surface area contributed by atoms with Gasteiger partial charge in [0.1, 0.15) is 11.3 Å². The number of imidazole rings is 1. The summed E-state index contributed by atoms with van der Waals surface area (Å²) in [4.78, 5) is 9.58. The molecule has 1 aliphatic heterocycles. The summed E-state index contributed by atoms with van der Waals surface area (Å²) in [6, 6.07) is 10.8. The van der Waals surface area contributed by atoms with Crippen LogP contribution in [-0.4, -0.2) is 54.1 Å². The number of aromatic nitrogens is 3. The van der Waals surface area contributed by atoms with Crippen molar-refractivity contribution in [2.45, 2.75) is 30.7 Å². The number of pyridine rings is 1. The summed E-state index contributed by atoms with van der Waals surface area (Å²) < 4.78 is 34.9. The SMILES string of the molecule is COCCn1c([C@H]2CCN(S(=O)(=O)c3ccc(C)cc3)C2)nc2cccnc21. The number of methoxy groups -OCH3 is 1. The molecule has 2 aromatic heterocycles. The summed E-state index contributed by atoms with van der Waals surface area (Å²) in [5, 5.41) is 0. The Labute approximate surface area is 165 Å². The van der Waals surface area contributed by atoms with Gasteiger partial charge in [0.15, 0.2) is 5.65 Å². The second-order valence-electron chi connectivity index (χ2n) is 7.12. The Morgan fingerprint density at radius 2 is 2.00 bits per heavy atom. The average molecular weight is 401 g/mol. The molecule has 1 aliphatic rings. The highest BCUT2D eigenvalue weighted by molar-refractivity contribution is 7.89. The quantitative estimate of drug-likeness (QED) is 0.636. The minimum Gasteiger partial charge on any atom is -0.383 e. The van der Waals surface area contributed by atoms with Gasteiger partial charge >= 0.3 is 0 Å². The first-order valence-electron chi connectivity index (χ1n) is 9.37. The topological polar surface area (TPSA) is 77.3 Å². The number of aryl methyl sites for hydroxylation is 1. The maximum Gasteiger partial charge on any atom is 0.243 e. The van der Waals surface area contributed by atoms with E-state index < -0.39 is 10.0 Å². The predicted molar refractivity (Wildman–Crippen MR) is 107 cm³/mol. The lowest BCUT2D eigenvalue weighted by atomic mass is 10.1. The van der Waals surface area contributed by atoms with Crippen LogP contribution in [0.1, 0.15) is 23.7 Å². The van der Waals surface area contributed by atoms with Crippen LogP contribution in [0.15, 0.2) is 47.5 Å². The first-order valence-corrected chi connectivity index (χ1v) is 10.8. The van der Waals surface area contributed by atoms with Gasteiger partial charge in [0.25, 0.3) is 0 Å². The molecule has 0 unspecified atom stereocenters. The van der Waals surface area contributed by atoms with Gasteiger partial charge in [-0.1, -0.05) is 17.7 Å². The molecule has 28 heavy (non-hydrogen) atoms. The zero-order valence-corrected chi connectivity index (χ0v) is 16.9. The molecule has 0 bridgehead atoms. The summed E-state index contributed by atoms with van der Waals surface area (Å²) in [5.41, 5.74) is 2.68. The number of sulfonamides is 1. The van der Waals surface area contributed by atoms with Gasteiger partial charge in [0, 0.05) is 38.9 Å². The van der Waals surface area contributed by atoms with Crippen LogP contribution in [0.4, 0.5) is 0 Å². The molecule has 3 aromatic rings. The summed E-state index contributed by atoms with van der Waals surface area (Å²) in [6.07, 6.45) is 2.49. The Bertz CT molecular complexity index is 1080. The molecule has 4 rings (SSSR count). The average Bonchev–Trinajstić information content (AvgIpc) is 3.32. The third kappa shape index (κ3) is 3.43. The third-order valence-corrected chi connectivity index (χ3v) is 7.11. The Morgan fingerprint density at radius 1 is 1.21 bits per heavy atom. The highest BCUT2D eigenvalue weighted by Gasteiger charge is 2.35. The molecule has 1 fully saturated rings. The maximum atomic E-state index is 13.0. The van der Waals surface area contributed by atoms with Crippen LogP contribution in [0.2, 0.25) is 0 Å². The van der Waals surface area contributed by atoms with E-state index in [0.29, 0.717) is 31.1 Å². The van der Waals surface area contributed by atoms with Crippen molar-refractivity contribution in [3.05, 3.63) is 54.0 Å². The van der Waals surface area contributed by atoms with Crippen molar-refractivity contribution < 1.29 is 13.2 Å². The Hall–Kier alpha value is -2.29. The maximum absolute atomic E-state index is 13.0. The van der Waals surface area contributed by atoms with Gasteiger partial charge in [-0.25, -0.2) is 18.4 Å². The minimum atomic E-state index is -3.50. The van der Waals surface area contributed by atoms with Crippen LogP contribution < -0.4 is 0 Å². The van der Waals surface area contributed by atoms with Crippen LogP contribution in [0.3, 0.4) is 0 Å². The molecule has 1 saturated heterocycles. The molecule has 0 aliphatic carbocycles. The number of hydrogen-bond donors (Lipinski definition) is 0. The fourth-order valence-corrected chi connectivity index (χ4v) is 5.21. The van der Waals surface area contributed by atoms with E-state index >= 15 is 0 Å². The molecule has 3 heterocycles. The second kappa shape index (κ2) is 7.62. The summed E-state index contributed by atoms with van der Waals surface area (Å²) in [7, 11) is -1.84. The molecule has 0 radical (unpaired) electrons. The monoisotopic (exact) mass is 400 g/mol. The molecule has 1 aromatic carbocycles. The fraction of sp³-hybridized carbons (Fsp3) is 0.400. The lowest BCUT2D eigenvalue weighted by Gasteiger charge is -2.17. The Balaban J connectivity index is 1.63. The second-order valence-corrected chi connectivity index (χ2v) is 9.06. The minimum absolute atomic E-state index is 0.0336. The summed E-state index contributed by atoms with van der Waals surface area (Å²) >= 11 is 0. The highest BCUT2D eigenvalue weighted by atomic mass is 32.2. The molecular formula is C20H24N4O3S. The summed E-state index contributed by atoms with van der Waals surface area (Å²) in [6.45, 7) is 4.04. The fourth-order valence-electron chi connectivity index (χ4n) is 3.71. The molecule has 0 saturated carbocycles. The molecular weight excluding hydrogens is 376 g/mol. The van der Waals surface area contributed by atoms with E-state index in [-0.39, 0.29) is 5.92 Å². The van der Waals surface area contributed by atoms with Gasteiger partial charge in [-0.3, -0.25) is 0 Å². The Kier molecular flexibility index (Phi) is 5.18. The van der Waals surface area contributed by atoms with Gasteiger partial charge in [-0.2, -0.15) is 4.31 Å². The number of fused-ring (bicyclic) bond motifs is 1. The highest BCUT2D eigenvalue weighted by Crippen LogP contribution is 2.32. The van der Waals surface area contributed by atoms with E-state index in [4.69, 9.17) is 9.72 Å². The number of rotatable bonds is 6. The number of ether oxygens (including phenoxy) is 1. The van der Waals surface area contributed by atoms with Gasteiger partial charge in [0.2, 0.25) is 10.0 Å². The van der Waals surface area contributed by atoms with E-state index in [2.05, 4.69) is 9.55 Å². The van der Waals surface area contributed by atoms with Crippen molar-refractivity contribution in [3.63, 3.8) is 0 Å². The van der Waals surface area contributed by atoms with E-state index in [9.17, 15) is 8.42 Å². The van der Waals surface area contributed by atoms with Crippen molar-refractivity contribution in [2.75, 3.05) is 26.8 Å². The largest absolute Gasteiger partial charge is 0.383 e. The van der Waals surface area contributed by atoms with Crippen LogP contribution >= 0.6 is 0 Å². The molecule has 0 amide bonds. The van der Waals surface area contributed by atoms with E-state index in [0.717, 1.165) is 29.0 Å². The van der Waals surface area contributed by atoms with E-state index in [1.165, 1.54) is 0 Å². The van der Waals surface area contributed by atoms with Crippen molar-refractivity contribution in [3.8, 4) is 0 Å². The Morgan fingerprint density at radius 3 is 2.75 bits per heavy atom. The first-order chi connectivity index (χ1) is 13.5. The molecule has 1 atom stereocenters. The van der Waals surface area contributed by atoms with E-state index in [1.54, 1.807) is 29.7 Å². The lowest BCUT2D eigenvalue weighted by Crippen LogP contribution is -2.29. The molecule has 7 nitrogen and oxygen atoms in total. The van der Waals surface area contributed by atoms with Gasteiger partial charge < -0.3 is 9.30 Å².